The fraction of sp³-hybridized carbons (Fsp3) is 0.800. The molecule has 1 aliphatic rings. The number of ether oxygens (including phenoxy) is 1. The third-order valence-corrected chi connectivity index (χ3v) is 2.26. The minimum Gasteiger partial charge on any atom is -0.444 e. The molecule has 1 amide bonds. The van der Waals surface area contributed by atoms with Crippen LogP contribution in [-0.2, 0) is 9.53 Å². The lowest BCUT2D eigenvalue weighted by atomic mass is 9.95. The number of Topliss-reactive ketones (excluding diaryl/α,β-unsaturated/α-hetero) is 1. The van der Waals surface area contributed by atoms with Crippen LogP contribution >= 0.6 is 0 Å². The van der Waals surface area contributed by atoms with Crippen molar-refractivity contribution in [2.75, 3.05) is 0 Å². The zero-order chi connectivity index (χ0) is 11.1. The van der Waals surface area contributed by atoms with E-state index in [2.05, 4.69) is 0 Å². The standard InChI is InChI=1S/C10H17NO3/c1-6-8(12)7(2)11(6)9(13)14-10(3,4)5/h6-7H,1-5H3/t6-,7+. The van der Waals surface area contributed by atoms with Crippen LogP contribution in [0.2, 0.25) is 0 Å². The van der Waals surface area contributed by atoms with Crippen LogP contribution in [-0.4, -0.2) is 34.5 Å². The maximum absolute atomic E-state index is 11.6. The van der Waals surface area contributed by atoms with Crippen LogP contribution < -0.4 is 0 Å². The lowest BCUT2D eigenvalue weighted by Crippen LogP contribution is -2.64. The summed E-state index contributed by atoms with van der Waals surface area (Å²) in [5, 5.41) is 0. The molecule has 0 aromatic rings. The molecule has 1 heterocycles. The minimum atomic E-state index is -0.505. The normalized spacial score (nSPS) is 27.2. The lowest BCUT2D eigenvalue weighted by Gasteiger charge is -2.43. The number of hydrogen-bond donors (Lipinski definition) is 0. The van der Waals surface area contributed by atoms with E-state index in [0.29, 0.717) is 0 Å². The number of hydrogen-bond acceptors (Lipinski definition) is 3. The Morgan fingerprint density at radius 3 is 2.07 bits per heavy atom. The summed E-state index contributed by atoms with van der Waals surface area (Å²) < 4.78 is 5.17. The van der Waals surface area contributed by atoms with E-state index >= 15 is 0 Å². The molecule has 0 aromatic carbocycles. The SMILES string of the molecule is C[C@@H]1C(=O)[C@H](C)N1C(=O)OC(C)(C)C. The molecule has 14 heavy (non-hydrogen) atoms. The average molecular weight is 199 g/mol. The summed E-state index contributed by atoms with van der Waals surface area (Å²) in [4.78, 5) is 24.2. The highest BCUT2D eigenvalue weighted by molar-refractivity contribution is 5.99. The lowest BCUT2D eigenvalue weighted by molar-refractivity contribution is -0.141. The van der Waals surface area contributed by atoms with Crippen molar-refractivity contribution in [2.45, 2.75) is 52.3 Å². The van der Waals surface area contributed by atoms with E-state index in [1.165, 1.54) is 4.90 Å². The van der Waals surface area contributed by atoms with Crippen molar-refractivity contribution in [3.05, 3.63) is 0 Å². The third-order valence-electron chi connectivity index (χ3n) is 2.26. The maximum atomic E-state index is 11.6. The van der Waals surface area contributed by atoms with Gasteiger partial charge < -0.3 is 4.74 Å². The molecule has 4 nitrogen and oxygen atoms in total. The summed E-state index contributed by atoms with van der Waals surface area (Å²) in [5.41, 5.74) is -0.505. The average Bonchev–Trinajstić information content (AvgIpc) is 2.00. The molecular formula is C10H17NO3. The molecule has 4 heteroatoms. The molecule has 0 N–H and O–H groups in total. The molecule has 1 aliphatic heterocycles. The molecule has 0 saturated carbocycles. The first-order valence-corrected chi connectivity index (χ1v) is 4.79. The Morgan fingerprint density at radius 1 is 1.29 bits per heavy atom. The van der Waals surface area contributed by atoms with Crippen LogP contribution in [0, 0.1) is 0 Å². The van der Waals surface area contributed by atoms with Crippen LogP contribution in [0.25, 0.3) is 0 Å². The Morgan fingerprint density at radius 2 is 1.71 bits per heavy atom. The van der Waals surface area contributed by atoms with E-state index in [4.69, 9.17) is 4.74 Å². The Labute approximate surface area is 84.2 Å². The molecule has 80 valence electrons. The number of ketones is 1. The fourth-order valence-corrected chi connectivity index (χ4v) is 1.51. The summed E-state index contributed by atoms with van der Waals surface area (Å²) >= 11 is 0. The largest absolute Gasteiger partial charge is 0.444 e. The predicted molar refractivity (Wildman–Crippen MR) is 52.0 cm³/mol. The summed E-state index contributed by atoms with van der Waals surface area (Å²) in [6.45, 7) is 8.85. The second-order valence-electron chi connectivity index (χ2n) is 4.64. The van der Waals surface area contributed by atoms with E-state index in [1.54, 1.807) is 13.8 Å². The highest BCUT2D eigenvalue weighted by atomic mass is 16.6. The van der Waals surface area contributed by atoms with Gasteiger partial charge >= 0.3 is 6.09 Å². The molecule has 1 rings (SSSR count). The topological polar surface area (TPSA) is 46.6 Å². The first kappa shape index (κ1) is 11.0. The summed E-state index contributed by atoms with van der Waals surface area (Å²) in [7, 11) is 0. The van der Waals surface area contributed by atoms with Crippen LogP contribution in [0.4, 0.5) is 4.79 Å². The van der Waals surface area contributed by atoms with E-state index in [-0.39, 0.29) is 17.9 Å². The Hall–Kier alpha value is -1.06. The Balaban J connectivity index is 2.59. The zero-order valence-corrected chi connectivity index (χ0v) is 9.33. The van der Waals surface area contributed by atoms with E-state index in [0.717, 1.165) is 0 Å². The molecule has 0 unspecified atom stereocenters. The van der Waals surface area contributed by atoms with Crippen LogP contribution in [0.15, 0.2) is 0 Å². The van der Waals surface area contributed by atoms with Gasteiger partial charge in [0.25, 0.3) is 0 Å². The Kier molecular flexibility index (Phi) is 2.56. The van der Waals surface area contributed by atoms with Gasteiger partial charge in [0.1, 0.15) is 5.60 Å². The smallest absolute Gasteiger partial charge is 0.411 e. The first-order valence-electron chi connectivity index (χ1n) is 4.79. The van der Waals surface area contributed by atoms with E-state index in [1.807, 2.05) is 20.8 Å². The minimum absolute atomic E-state index is 0.0934. The van der Waals surface area contributed by atoms with Crippen molar-refractivity contribution in [2.24, 2.45) is 0 Å². The second kappa shape index (κ2) is 3.26. The fourth-order valence-electron chi connectivity index (χ4n) is 1.51. The highest BCUT2D eigenvalue weighted by Crippen LogP contribution is 2.23. The molecule has 1 fully saturated rings. The number of amides is 1. The molecular weight excluding hydrogens is 182 g/mol. The van der Waals surface area contributed by atoms with Crippen LogP contribution in [0.5, 0.6) is 0 Å². The van der Waals surface area contributed by atoms with Gasteiger partial charge in [-0.2, -0.15) is 0 Å². The third kappa shape index (κ3) is 1.89. The number of carbonyl (C=O) groups excluding carboxylic acids is 2. The highest BCUT2D eigenvalue weighted by Gasteiger charge is 2.46. The molecule has 1 saturated heterocycles. The summed E-state index contributed by atoms with van der Waals surface area (Å²) in [5.74, 6) is 0.0934. The molecule has 2 atom stereocenters. The van der Waals surface area contributed by atoms with Crippen molar-refractivity contribution in [1.29, 1.82) is 0 Å². The molecule has 0 bridgehead atoms. The number of nitrogens with zero attached hydrogens (tertiary/aromatic N) is 1. The summed E-state index contributed by atoms with van der Waals surface area (Å²) in [6, 6.07) is -0.667. The first-order chi connectivity index (χ1) is 6.24. The van der Waals surface area contributed by atoms with Gasteiger partial charge in [0.15, 0.2) is 5.78 Å². The van der Waals surface area contributed by atoms with Crippen LogP contribution in [0.1, 0.15) is 34.6 Å². The number of likely N-dealkylation sites (tertiary alicyclic amines) is 1. The van der Waals surface area contributed by atoms with Crippen molar-refractivity contribution in [3.63, 3.8) is 0 Å². The molecule has 0 radical (unpaired) electrons. The van der Waals surface area contributed by atoms with Crippen LogP contribution in [0.3, 0.4) is 0 Å². The monoisotopic (exact) mass is 199 g/mol. The van der Waals surface area contributed by atoms with Gasteiger partial charge in [-0.25, -0.2) is 4.79 Å². The second-order valence-corrected chi connectivity index (χ2v) is 4.64. The quantitative estimate of drug-likeness (QED) is 0.595. The van der Waals surface area contributed by atoms with Crippen molar-refractivity contribution < 1.29 is 14.3 Å². The van der Waals surface area contributed by atoms with Gasteiger partial charge in [0.05, 0.1) is 12.1 Å². The zero-order valence-electron chi connectivity index (χ0n) is 9.33. The van der Waals surface area contributed by atoms with E-state index in [9.17, 15) is 9.59 Å². The molecule has 0 aromatic heterocycles. The van der Waals surface area contributed by atoms with Gasteiger partial charge in [-0.3, -0.25) is 9.69 Å². The number of carbonyl (C=O) groups is 2. The Bertz CT molecular complexity index is 255. The summed E-state index contributed by atoms with van der Waals surface area (Å²) in [6.07, 6.45) is -0.405. The van der Waals surface area contributed by atoms with Crippen molar-refractivity contribution in [1.82, 2.24) is 4.90 Å². The van der Waals surface area contributed by atoms with Gasteiger partial charge in [-0.05, 0) is 34.6 Å². The molecule has 0 spiro atoms. The maximum Gasteiger partial charge on any atom is 0.411 e. The van der Waals surface area contributed by atoms with Gasteiger partial charge in [-0.1, -0.05) is 0 Å². The van der Waals surface area contributed by atoms with Gasteiger partial charge in [0, 0.05) is 0 Å². The van der Waals surface area contributed by atoms with Gasteiger partial charge in [0.2, 0.25) is 0 Å². The number of rotatable bonds is 0. The molecule has 0 aliphatic carbocycles. The van der Waals surface area contributed by atoms with Gasteiger partial charge in [-0.15, -0.1) is 0 Å². The van der Waals surface area contributed by atoms with Crippen molar-refractivity contribution >= 4 is 11.9 Å². The predicted octanol–water partition coefficient (Wildman–Crippen LogP) is 1.58. The van der Waals surface area contributed by atoms with Crippen molar-refractivity contribution in [3.8, 4) is 0 Å². The van der Waals surface area contributed by atoms with E-state index < -0.39 is 11.7 Å².